The van der Waals surface area contributed by atoms with Crippen molar-refractivity contribution >= 4 is 17.2 Å². The highest BCUT2D eigenvalue weighted by Gasteiger charge is 2.11. The van der Waals surface area contributed by atoms with Gasteiger partial charge in [0.1, 0.15) is 16.5 Å². The molecule has 100 valence electrons. The van der Waals surface area contributed by atoms with Gasteiger partial charge in [0.25, 0.3) is 5.91 Å². The summed E-state index contributed by atoms with van der Waals surface area (Å²) in [5.74, 6) is 0.681. The highest BCUT2D eigenvalue weighted by atomic mass is 32.1. The van der Waals surface area contributed by atoms with Crippen LogP contribution in [0.3, 0.4) is 0 Å². The van der Waals surface area contributed by atoms with Crippen LogP contribution in [0.5, 0.6) is 5.75 Å². The molecular weight excluding hydrogens is 260 g/mol. The standard InChI is InChI=1S/C14H16N2O2S/c1-3-15-13(17)12-9-19-14(16-12)10-6-5-7-11(8-10)18-4-2/h5-9H,3-4H2,1-2H3,(H,15,17). The Hall–Kier alpha value is -1.88. The first-order valence-electron chi connectivity index (χ1n) is 6.21. The summed E-state index contributed by atoms with van der Waals surface area (Å²) in [5, 5.41) is 5.33. The van der Waals surface area contributed by atoms with Crippen LogP contribution in [0.2, 0.25) is 0 Å². The van der Waals surface area contributed by atoms with Gasteiger partial charge < -0.3 is 10.1 Å². The predicted octanol–water partition coefficient (Wildman–Crippen LogP) is 2.96. The van der Waals surface area contributed by atoms with Crippen LogP contribution in [0, 0.1) is 0 Å². The molecule has 1 N–H and O–H groups in total. The van der Waals surface area contributed by atoms with Gasteiger partial charge in [0, 0.05) is 17.5 Å². The van der Waals surface area contributed by atoms with Gasteiger partial charge in [-0.25, -0.2) is 4.98 Å². The minimum Gasteiger partial charge on any atom is -0.494 e. The average molecular weight is 276 g/mol. The number of hydrogen-bond donors (Lipinski definition) is 1. The number of carbonyl (C=O) groups is 1. The fraction of sp³-hybridized carbons (Fsp3) is 0.286. The number of hydrogen-bond acceptors (Lipinski definition) is 4. The molecular formula is C14H16N2O2S. The van der Waals surface area contributed by atoms with E-state index in [9.17, 15) is 4.79 Å². The average Bonchev–Trinajstić information content (AvgIpc) is 2.89. The molecule has 2 rings (SSSR count). The first kappa shape index (κ1) is 13.5. The van der Waals surface area contributed by atoms with Gasteiger partial charge in [0.2, 0.25) is 0 Å². The summed E-state index contributed by atoms with van der Waals surface area (Å²) < 4.78 is 5.46. The molecule has 2 aromatic rings. The third-order valence-electron chi connectivity index (χ3n) is 2.47. The van der Waals surface area contributed by atoms with Gasteiger partial charge in [-0.05, 0) is 26.0 Å². The smallest absolute Gasteiger partial charge is 0.270 e. The van der Waals surface area contributed by atoms with E-state index in [2.05, 4.69) is 10.3 Å². The van der Waals surface area contributed by atoms with E-state index in [4.69, 9.17) is 4.74 Å². The normalized spacial score (nSPS) is 10.2. The van der Waals surface area contributed by atoms with Gasteiger partial charge in [0.05, 0.1) is 6.61 Å². The molecule has 0 aliphatic heterocycles. The fourth-order valence-electron chi connectivity index (χ4n) is 1.65. The monoisotopic (exact) mass is 276 g/mol. The summed E-state index contributed by atoms with van der Waals surface area (Å²) in [4.78, 5) is 16.0. The maximum atomic E-state index is 11.7. The number of aromatic nitrogens is 1. The molecule has 0 aliphatic carbocycles. The highest BCUT2D eigenvalue weighted by molar-refractivity contribution is 7.13. The highest BCUT2D eigenvalue weighted by Crippen LogP contribution is 2.26. The van der Waals surface area contributed by atoms with Crippen molar-refractivity contribution in [2.75, 3.05) is 13.2 Å². The zero-order chi connectivity index (χ0) is 13.7. The number of ether oxygens (including phenoxy) is 1. The first-order chi connectivity index (χ1) is 9.24. The van der Waals surface area contributed by atoms with Gasteiger partial charge in [-0.1, -0.05) is 12.1 Å². The van der Waals surface area contributed by atoms with Crippen molar-refractivity contribution in [3.63, 3.8) is 0 Å². The summed E-state index contributed by atoms with van der Waals surface area (Å²) in [6.07, 6.45) is 0. The summed E-state index contributed by atoms with van der Waals surface area (Å²) >= 11 is 1.46. The molecule has 1 aromatic carbocycles. The lowest BCUT2D eigenvalue weighted by molar-refractivity contribution is 0.0951. The second-order valence-electron chi connectivity index (χ2n) is 3.86. The van der Waals surface area contributed by atoms with Crippen molar-refractivity contribution in [1.29, 1.82) is 0 Å². The molecule has 0 radical (unpaired) electrons. The zero-order valence-electron chi connectivity index (χ0n) is 11.0. The molecule has 0 bridgehead atoms. The minimum absolute atomic E-state index is 0.133. The molecule has 0 aliphatic rings. The van der Waals surface area contributed by atoms with E-state index < -0.39 is 0 Å². The van der Waals surface area contributed by atoms with Crippen LogP contribution in [-0.4, -0.2) is 24.0 Å². The molecule has 1 aromatic heterocycles. The van der Waals surface area contributed by atoms with Gasteiger partial charge in [-0.15, -0.1) is 11.3 Å². The van der Waals surface area contributed by atoms with Gasteiger partial charge >= 0.3 is 0 Å². The van der Waals surface area contributed by atoms with Crippen LogP contribution in [0.15, 0.2) is 29.6 Å². The van der Waals surface area contributed by atoms with Crippen molar-refractivity contribution in [2.24, 2.45) is 0 Å². The predicted molar refractivity (Wildman–Crippen MR) is 76.7 cm³/mol. The number of rotatable bonds is 5. The van der Waals surface area contributed by atoms with Gasteiger partial charge in [-0.3, -0.25) is 4.79 Å². The van der Waals surface area contributed by atoms with Crippen molar-refractivity contribution in [2.45, 2.75) is 13.8 Å². The Kier molecular flexibility index (Phi) is 4.52. The Morgan fingerprint density at radius 1 is 1.42 bits per heavy atom. The molecule has 1 amide bonds. The Morgan fingerprint density at radius 3 is 3.00 bits per heavy atom. The van der Waals surface area contributed by atoms with E-state index in [1.807, 2.05) is 38.1 Å². The Labute approximate surface area is 116 Å². The molecule has 0 unspecified atom stereocenters. The Morgan fingerprint density at radius 2 is 2.26 bits per heavy atom. The molecule has 0 saturated carbocycles. The van der Waals surface area contributed by atoms with Crippen molar-refractivity contribution in [3.05, 3.63) is 35.3 Å². The summed E-state index contributed by atoms with van der Waals surface area (Å²) in [7, 11) is 0. The lowest BCUT2D eigenvalue weighted by atomic mass is 10.2. The molecule has 0 fully saturated rings. The lowest BCUT2D eigenvalue weighted by Gasteiger charge is -2.03. The number of nitrogens with one attached hydrogen (secondary N) is 1. The van der Waals surface area contributed by atoms with Crippen LogP contribution in [0.25, 0.3) is 10.6 Å². The first-order valence-corrected chi connectivity index (χ1v) is 7.09. The molecule has 0 atom stereocenters. The van der Waals surface area contributed by atoms with Gasteiger partial charge in [-0.2, -0.15) is 0 Å². The van der Waals surface area contributed by atoms with Gasteiger partial charge in [0.15, 0.2) is 0 Å². The van der Waals surface area contributed by atoms with Crippen LogP contribution < -0.4 is 10.1 Å². The van der Waals surface area contributed by atoms with Crippen LogP contribution in [0.4, 0.5) is 0 Å². The summed E-state index contributed by atoms with van der Waals surface area (Å²) in [6, 6.07) is 7.73. The van der Waals surface area contributed by atoms with Crippen molar-refractivity contribution < 1.29 is 9.53 Å². The SMILES string of the molecule is CCNC(=O)c1csc(-c2cccc(OCC)c2)n1. The van der Waals surface area contributed by atoms with E-state index in [0.717, 1.165) is 16.3 Å². The lowest BCUT2D eigenvalue weighted by Crippen LogP contribution is -2.22. The summed E-state index contributed by atoms with van der Waals surface area (Å²) in [6.45, 7) is 5.07. The van der Waals surface area contributed by atoms with Crippen molar-refractivity contribution in [1.82, 2.24) is 10.3 Å². The van der Waals surface area contributed by atoms with Crippen LogP contribution in [0.1, 0.15) is 24.3 Å². The molecule has 5 heteroatoms. The molecule has 0 spiro atoms. The fourth-order valence-corrected chi connectivity index (χ4v) is 2.44. The third kappa shape index (κ3) is 3.32. The number of nitrogens with zero attached hydrogens (tertiary/aromatic N) is 1. The maximum absolute atomic E-state index is 11.7. The summed E-state index contributed by atoms with van der Waals surface area (Å²) in [5.41, 5.74) is 1.43. The topological polar surface area (TPSA) is 51.2 Å². The number of benzene rings is 1. The van der Waals surface area contributed by atoms with Crippen LogP contribution in [-0.2, 0) is 0 Å². The largest absolute Gasteiger partial charge is 0.494 e. The second kappa shape index (κ2) is 6.33. The second-order valence-corrected chi connectivity index (χ2v) is 4.72. The number of carbonyl (C=O) groups excluding carboxylic acids is 1. The Bertz CT molecular complexity index is 566. The van der Waals surface area contributed by atoms with E-state index >= 15 is 0 Å². The van der Waals surface area contributed by atoms with E-state index in [0.29, 0.717) is 18.8 Å². The number of thiazole rings is 1. The maximum Gasteiger partial charge on any atom is 0.270 e. The molecule has 4 nitrogen and oxygen atoms in total. The minimum atomic E-state index is -0.133. The van der Waals surface area contributed by atoms with Crippen molar-refractivity contribution in [3.8, 4) is 16.3 Å². The van der Waals surface area contributed by atoms with E-state index in [-0.39, 0.29) is 5.91 Å². The zero-order valence-corrected chi connectivity index (χ0v) is 11.8. The third-order valence-corrected chi connectivity index (χ3v) is 3.36. The van der Waals surface area contributed by atoms with E-state index in [1.54, 1.807) is 5.38 Å². The molecule has 1 heterocycles. The Balaban J connectivity index is 2.22. The van der Waals surface area contributed by atoms with E-state index in [1.165, 1.54) is 11.3 Å². The van der Waals surface area contributed by atoms with Crippen LogP contribution >= 0.6 is 11.3 Å². The molecule has 0 saturated heterocycles. The quantitative estimate of drug-likeness (QED) is 0.913. The number of amides is 1. The molecule has 19 heavy (non-hydrogen) atoms.